The highest BCUT2D eigenvalue weighted by Crippen LogP contribution is 2.30. The lowest BCUT2D eigenvalue weighted by molar-refractivity contribution is -0.387. The van der Waals surface area contributed by atoms with E-state index in [9.17, 15) is 28.1 Å². The molecule has 0 spiro atoms. The zero-order chi connectivity index (χ0) is 13.9. The van der Waals surface area contributed by atoms with Gasteiger partial charge >= 0.3 is 18.3 Å². The minimum Gasteiger partial charge on any atom is -0.481 e. The van der Waals surface area contributed by atoms with Crippen LogP contribution >= 0.6 is 0 Å². The van der Waals surface area contributed by atoms with Gasteiger partial charge in [-0.15, -0.1) is 0 Å². The fourth-order valence-corrected chi connectivity index (χ4v) is 1.25. The summed E-state index contributed by atoms with van der Waals surface area (Å²) in [5, 5.41) is 18.9. The van der Waals surface area contributed by atoms with E-state index in [1.807, 2.05) is 0 Å². The van der Waals surface area contributed by atoms with Crippen molar-refractivity contribution in [2.24, 2.45) is 0 Å². The molecule has 98 valence electrons. The van der Waals surface area contributed by atoms with Gasteiger partial charge in [0.25, 0.3) is 0 Å². The minimum atomic E-state index is -3.29. The van der Waals surface area contributed by atoms with Crippen molar-refractivity contribution < 1.29 is 32.7 Å². The van der Waals surface area contributed by atoms with Crippen molar-refractivity contribution >= 4 is 11.7 Å². The van der Waals surface area contributed by atoms with Gasteiger partial charge in [0.1, 0.15) is 5.75 Å². The molecular formula is C9H6F3NO5. The third-order valence-corrected chi connectivity index (χ3v) is 1.92. The predicted octanol–water partition coefficient (Wildman–Crippen LogP) is 1.96. The van der Waals surface area contributed by atoms with E-state index in [1.165, 1.54) is 0 Å². The van der Waals surface area contributed by atoms with Gasteiger partial charge in [0.15, 0.2) is 0 Å². The second-order valence-electron chi connectivity index (χ2n) is 3.08. The first-order valence-electron chi connectivity index (χ1n) is 4.45. The Labute approximate surface area is 97.7 Å². The lowest BCUT2D eigenvalue weighted by Gasteiger charge is -2.10. The summed E-state index contributed by atoms with van der Waals surface area (Å²) in [6, 6.07) is 1.35. The molecule has 0 unspecified atom stereocenters. The van der Waals surface area contributed by atoms with Crippen LogP contribution in [0.1, 0.15) is 5.56 Å². The van der Waals surface area contributed by atoms with Gasteiger partial charge in [-0.3, -0.25) is 14.9 Å². The van der Waals surface area contributed by atoms with Crippen molar-refractivity contribution in [1.82, 2.24) is 0 Å². The Bertz CT molecular complexity index is 491. The van der Waals surface area contributed by atoms with Crippen LogP contribution in [0.5, 0.6) is 5.75 Å². The summed E-state index contributed by atoms with van der Waals surface area (Å²) in [6.07, 6.45) is -1.00. The number of nitro groups is 1. The first kappa shape index (κ1) is 13.7. The first-order valence-corrected chi connectivity index (χ1v) is 4.45. The van der Waals surface area contributed by atoms with Crippen molar-refractivity contribution in [3.05, 3.63) is 33.6 Å². The van der Waals surface area contributed by atoms with E-state index in [-0.39, 0.29) is 0 Å². The Morgan fingerprint density at radius 3 is 2.56 bits per heavy atom. The Hall–Kier alpha value is -2.32. The molecule has 0 radical (unpaired) electrons. The SMILES string of the molecule is O=C(O)Cc1c(OC(F)F)ccc([N+](=O)[O-])c1F. The van der Waals surface area contributed by atoms with Crippen LogP contribution in [0.25, 0.3) is 0 Å². The van der Waals surface area contributed by atoms with E-state index in [0.29, 0.717) is 6.07 Å². The van der Waals surface area contributed by atoms with Crippen LogP contribution < -0.4 is 4.74 Å². The van der Waals surface area contributed by atoms with Gasteiger partial charge in [-0.25, -0.2) is 0 Å². The normalized spacial score (nSPS) is 10.4. The molecule has 0 saturated heterocycles. The summed E-state index contributed by atoms with van der Waals surface area (Å²) in [4.78, 5) is 19.8. The number of carbonyl (C=O) groups is 1. The largest absolute Gasteiger partial charge is 0.481 e. The van der Waals surface area contributed by atoms with Crippen LogP contribution in [0.4, 0.5) is 18.9 Å². The Morgan fingerprint density at radius 1 is 1.50 bits per heavy atom. The maximum absolute atomic E-state index is 13.6. The number of aliphatic carboxylic acids is 1. The molecule has 0 bridgehead atoms. The third kappa shape index (κ3) is 3.09. The van der Waals surface area contributed by atoms with Crippen LogP contribution in [-0.4, -0.2) is 22.6 Å². The highest BCUT2D eigenvalue weighted by molar-refractivity contribution is 5.72. The van der Waals surface area contributed by atoms with Crippen LogP contribution in [0.2, 0.25) is 0 Å². The maximum atomic E-state index is 13.6. The topological polar surface area (TPSA) is 89.7 Å². The van der Waals surface area contributed by atoms with Gasteiger partial charge < -0.3 is 9.84 Å². The van der Waals surface area contributed by atoms with Crippen molar-refractivity contribution in [3.8, 4) is 5.75 Å². The van der Waals surface area contributed by atoms with E-state index in [2.05, 4.69) is 4.74 Å². The second-order valence-corrected chi connectivity index (χ2v) is 3.08. The molecular weight excluding hydrogens is 259 g/mol. The molecule has 1 aromatic carbocycles. The molecule has 6 nitrogen and oxygen atoms in total. The molecule has 1 N–H and O–H groups in total. The number of nitro benzene ring substituents is 1. The average molecular weight is 265 g/mol. The number of alkyl halides is 2. The second kappa shape index (κ2) is 5.34. The molecule has 0 fully saturated rings. The van der Waals surface area contributed by atoms with Crippen molar-refractivity contribution in [2.45, 2.75) is 13.0 Å². The van der Waals surface area contributed by atoms with Crippen LogP contribution in [0, 0.1) is 15.9 Å². The number of carboxylic acid groups (broad SMARTS) is 1. The molecule has 9 heteroatoms. The Kier molecular flexibility index (Phi) is 4.08. The molecule has 0 aliphatic heterocycles. The van der Waals surface area contributed by atoms with Gasteiger partial charge in [-0.2, -0.15) is 13.2 Å². The molecule has 0 amide bonds. The summed E-state index contributed by atoms with van der Waals surface area (Å²) >= 11 is 0. The average Bonchev–Trinajstić information content (AvgIpc) is 2.21. The summed E-state index contributed by atoms with van der Waals surface area (Å²) in [7, 11) is 0. The lowest BCUT2D eigenvalue weighted by Crippen LogP contribution is -2.10. The van der Waals surface area contributed by atoms with Crippen molar-refractivity contribution in [3.63, 3.8) is 0 Å². The monoisotopic (exact) mass is 265 g/mol. The van der Waals surface area contributed by atoms with E-state index in [1.54, 1.807) is 0 Å². The fraction of sp³-hybridized carbons (Fsp3) is 0.222. The minimum absolute atomic E-state index is 0.623. The Morgan fingerprint density at radius 2 is 2.11 bits per heavy atom. The summed E-state index contributed by atoms with van der Waals surface area (Å²) in [6.45, 7) is -3.29. The van der Waals surface area contributed by atoms with E-state index >= 15 is 0 Å². The smallest absolute Gasteiger partial charge is 0.387 e. The van der Waals surface area contributed by atoms with Gasteiger partial charge in [-0.1, -0.05) is 0 Å². The summed E-state index contributed by atoms with van der Waals surface area (Å²) in [5.41, 5.74) is -1.80. The van der Waals surface area contributed by atoms with E-state index in [4.69, 9.17) is 5.11 Å². The molecule has 0 atom stereocenters. The van der Waals surface area contributed by atoms with Gasteiger partial charge in [0.2, 0.25) is 5.82 Å². The fourth-order valence-electron chi connectivity index (χ4n) is 1.25. The van der Waals surface area contributed by atoms with Crippen LogP contribution in [0.15, 0.2) is 12.1 Å². The number of hydrogen-bond donors (Lipinski definition) is 1. The molecule has 0 saturated carbocycles. The molecule has 18 heavy (non-hydrogen) atoms. The number of rotatable bonds is 5. The zero-order valence-electron chi connectivity index (χ0n) is 8.60. The van der Waals surface area contributed by atoms with Crippen LogP contribution in [-0.2, 0) is 11.2 Å². The Balaban J connectivity index is 3.31. The zero-order valence-corrected chi connectivity index (χ0v) is 8.60. The lowest BCUT2D eigenvalue weighted by atomic mass is 10.1. The van der Waals surface area contributed by atoms with Crippen LogP contribution in [0.3, 0.4) is 0 Å². The van der Waals surface area contributed by atoms with E-state index in [0.717, 1.165) is 6.07 Å². The highest BCUT2D eigenvalue weighted by Gasteiger charge is 2.24. The van der Waals surface area contributed by atoms with Gasteiger partial charge in [-0.05, 0) is 6.07 Å². The molecule has 1 aromatic rings. The molecule has 0 aliphatic carbocycles. The van der Waals surface area contributed by atoms with Gasteiger partial charge in [0.05, 0.1) is 11.3 Å². The molecule has 0 heterocycles. The number of halogens is 3. The number of ether oxygens (including phenoxy) is 1. The van der Waals surface area contributed by atoms with Gasteiger partial charge in [0, 0.05) is 11.6 Å². The summed E-state index contributed by atoms with van der Waals surface area (Å²) < 4.78 is 41.5. The quantitative estimate of drug-likeness (QED) is 0.649. The standard InChI is InChI=1S/C9H6F3NO5/c10-8-4(3-7(14)15)6(18-9(11)12)2-1-5(8)13(16)17/h1-2,9H,3H2,(H,14,15). The maximum Gasteiger partial charge on any atom is 0.387 e. The number of carboxylic acids is 1. The molecule has 0 aromatic heterocycles. The van der Waals surface area contributed by atoms with Crippen molar-refractivity contribution in [1.29, 1.82) is 0 Å². The number of nitrogens with zero attached hydrogens (tertiary/aromatic N) is 1. The number of hydrogen-bond acceptors (Lipinski definition) is 4. The first-order chi connectivity index (χ1) is 8.32. The molecule has 0 aliphatic rings. The van der Waals surface area contributed by atoms with E-state index < -0.39 is 46.7 Å². The molecule has 1 rings (SSSR count). The van der Waals surface area contributed by atoms with Crippen molar-refractivity contribution in [2.75, 3.05) is 0 Å². The highest BCUT2D eigenvalue weighted by atomic mass is 19.3. The number of benzene rings is 1. The summed E-state index contributed by atoms with van der Waals surface area (Å²) in [5.74, 6) is -3.77. The third-order valence-electron chi connectivity index (χ3n) is 1.92. The predicted molar refractivity (Wildman–Crippen MR) is 51.0 cm³/mol.